The normalized spacial score (nSPS) is 10.1. The first-order chi connectivity index (χ1) is 9.72. The fourth-order valence-electron chi connectivity index (χ4n) is 1.80. The minimum absolute atomic E-state index is 0.145. The van der Waals surface area contributed by atoms with Crippen LogP contribution in [0.25, 0.3) is 0 Å². The quantitative estimate of drug-likeness (QED) is 0.878. The highest BCUT2D eigenvalue weighted by Gasteiger charge is 2.06. The Kier molecular flexibility index (Phi) is 4.74. The number of anilines is 1. The van der Waals surface area contributed by atoms with E-state index >= 15 is 0 Å². The lowest BCUT2D eigenvalue weighted by molar-refractivity contribution is 0.102. The molecule has 2 rings (SSSR count). The molecule has 2 aromatic rings. The molecule has 2 aromatic carbocycles. The largest absolute Gasteiger partial charge is 0.494 e. The number of carbonyl (C=O) groups excluding carboxylic acids is 1. The first kappa shape index (κ1) is 14.1. The van der Waals surface area contributed by atoms with Crippen molar-refractivity contribution >= 4 is 11.6 Å². The molecule has 4 nitrogen and oxygen atoms in total. The zero-order valence-corrected chi connectivity index (χ0v) is 11.4. The molecular formula is C16H18N2O2. The summed E-state index contributed by atoms with van der Waals surface area (Å²) in [5.41, 5.74) is 7.91. The van der Waals surface area contributed by atoms with Crippen molar-refractivity contribution in [3.8, 4) is 5.75 Å². The predicted molar refractivity (Wildman–Crippen MR) is 79.9 cm³/mol. The maximum atomic E-state index is 12.1. The lowest BCUT2D eigenvalue weighted by atomic mass is 10.2. The molecule has 3 N–H and O–H groups in total. The molecule has 0 radical (unpaired) electrons. The number of hydrogen-bond donors (Lipinski definition) is 2. The zero-order valence-electron chi connectivity index (χ0n) is 11.4. The number of carbonyl (C=O) groups is 1. The summed E-state index contributed by atoms with van der Waals surface area (Å²) in [6.45, 7) is 3.03. The molecule has 0 saturated carbocycles. The molecule has 0 bridgehead atoms. The van der Waals surface area contributed by atoms with Gasteiger partial charge in [0.1, 0.15) is 5.75 Å². The van der Waals surface area contributed by atoms with E-state index in [9.17, 15) is 4.79 Å². The Balaban J connectivity index is 2.03. The van der Waals surface area contributed by atoms with Crippen molar-refractivity contribution in [1.82, 2.24) is 0 Å². The van der Waals surface area contributed by atoms with E-state index in [1.807, 2.05) is 31.2 Å². The summed E-state index contributed by atoms with van der Waals surface area (Å²) in [4.78, 5) is 12.1. The van der Waals surface area contributed by atoms with Crippen LogP contribution in [0.15, 0.2) is 48.5 Å². The van der Waals surface area contributed by atoms with Gasteiger partial charge in [-0.1, -0.05) is 12.1 Å². The Morgan fingerprint density at radius 2 is 1.75 bits per heavy atom. The van der Waals surface area contributed by atoms with E-state index in [4.69, 9.17) is 10.5 Å². The van der Waals surface area contributed by atoms with Crippen LogP contribution in [0.5, 0.6) is 5.75 Å². The molecular weight excluding hydrogens is 252 g/mol. The van der Waals surface area contributed by atoms with Crippen molar-refractivity contribution < 1.29 is 9.53 Å². The molecule has 20 heavy (non-hydrogen) atoms. The third kappa shape index (κ3) is 3.59. The molecule has 104 valence electrons. The third-order valence-electron chi connectivity index (χ3n) is 2.88. The molecule has 0 aliphatic carbocycles. The maximum absolute atomic E-state index is 12.1. The Hall–Kier alpha value is -2.33. The molecule has 4 heteroatoms. The Morgan fingerprint density at radius 3 is 2.30 bits per heavy atom. The second-order valence-electron chi connectivity index (χ2n) is 4.31. The highest BCUT2D eigenvalue weighted by molar-refractivity contribution is 6.04. The topological polar surface area (TPSA) is 64.3 Å². The first-order valence-electron chi connectivity index (χ1n) is 6.56. The van der Waals surface area contributed by atoms with Crippen LogP contribution in [-0.2, 0) is 6.54 Å². The van der Waals surface area contributed by atoms with Crippen molar-refractivity contribution in [1.29, 1.82) is 0 Å². The molecule has 0 unspecified atom stereocenters. The van der Waals surface area contributed by atoms with Crippen LogP contribution in [0.2, 0.25) is 0 Å². The van der Waals surface area contributed by atoms with Crippen molar-refractivity contribution in [3.05, 3.63) is 59.7 Å². The summed E-state index contributed by atoms with van der Waals surface area (Å²) in [7, 11) is 0. The highest BCUT2D eigenvalue weighted by atomic mass is 16.5. The number of nitrogens with one attached hydrogen (secondary N) is 1. The van der Waals surface area contributed by atoms with E-state index in [0.29, 0.717) is 18.7 Å². The predicted octanol–water partition coefficient (Wildman–Crippen LogP) is 2.80. The number of ether oxygens (including phenoxy) is 1. The van der Waals surface area contributed by atoms with Crippen LogP contribution in [0.3, 0.4) is 0 Å². The van der Waals surface area contributed by atoms with Gasteiger partial charge in [0.05, 0.1) is 6.61 Å². The number of benzene rings is 2. The molecule has 0 aromatic heterocycles. The Bertz CT molecular complexity index is 562. The van der Waals surface area contributed by atoms with Crippen molar-refractivity contribution in [3.63, 3.8) is 0 Å². The van der Waals surface area contributed by atoms with Crippen molar-refractivity contribution in [2.45, 2.75) is 13.5 Å². The monoisotopic (exact) mass is 270 g/mol. The number of amides is 1. The van der Waals surface area contributed by atoms with Gasteiger partial charge in [0.15, 0.2) is 0 Å². The standard InChI is InChI=1S/C16H18N2O2/c1-2-20-15-9-5-13(6-10-15)16(19)18-14-7-3-12(11-17)4-8-14/h3-10H,2,11,17H2,1H3,(H,18,19). The maximum Gasteiger partial charge on any atom is 0.255 e. The minimum Gasteiger partial charge on any atom is -0.494 e. The lowest BCUT2D eigenvalue weighted by Crippen LogP contribution is -2.11. The van der Waals surface area contributed by atoms with Gasteiger partial charge in [-0.3, -0.25) is 4.79 Å². The lowest BCUT2D eigenvalue weighted by Gasteiger charge is -2.07. The van der Waals surface area contributed by atoms with Crippen molar-refractivity contribution in [2.75, 3.05) is 11.9 Å². The molecule has 0 saturated heterocycles. The number of nitrogens with two attached hydrogens (primary N) is 1. The Morgan fingerprint density at radius 1 is 1.10 bits per heavy atom. The third-order valence-corrected chi connectivity index (χ3v) is 2.88. The highest BCUT2D eigenvalue weighted by Crippen LogP contribution is 2.14. The van der Waals surface area contributed by atoms with Crippen LogP contribution in [0.4, 0.5) is 5.69 Å². The average molecular weight is 270 g/mol. The van der Waals surface area contributed by atoms with E-state index in [2.05, 4.69) is 5.32 Å². The summed E-state index contributed by atoms with van der Waals surface area (Å²) in [5, 5.41) is 2.84. The second kappa shape index (κ2) is 6.73. The van der Waals surface area contributed by atoms with Gasteiger partial charge in [-0.15, -0.1) is 0 Å². The van der Waals surface area contributed by atoms with E-state index in [1.165, 1.54) is 0 Å². The van der Waals surface area contributed by atoms with Gasteiger partial charge in [-0.2, -0.15) is 0 Å². The minimum atomic E-state index is -0.145. The van der Waals surface area contributed by atoms with E-state index < -0.39 is 0 Å². The van der Waals surface area contributed by atoms with E-state index in [1.54, 1.807) is 24.3 Å². The smallest absolute Gasteiger partial charge is 0.255 e. The van der Waals surface area contributed by atoms with Crippen LogP contribution >= 0.6 is 0 Å². The van der Waals surface area contributed by atoms with Crippen molar-refractivity contribution in [2.24, 2.45) is 5.73 Å². The van der Waals surface area contributed by atoms with E-state index in [0.717, 1.165) is 17.0 Å². The van der Waals surface area contributed by atoms with Crippen LogP contribution in [0.1, 0.15) is 22.8 Å². The molecule has 0 aliphatic rings. The van der Waals surface area contributed by atoms with Gasteiger partial charge < -0.3 is 15.8 Å². The van der Waals surface area contributed by atoms with Crippen LogP contribution < -0.4 is 15.8 Å². The Labute approximate surface area is 118 Å². The van der Waals surface area contributed by atoms with Gasteiger partial charge in [0.2, 0.25) is 0 Å². The second-order valence-corrected chi connectivity index (χ2v) is 4.31. The van der Waals surface area contributed by atoms with Gasteiger partial charge in [0.25, 0.3) is 5.91 Å². The molecule has 0 spiro atoms. The summed E-state index contributed by atoms with van der Waals surface area (Å²) >= 11 is 0. The fraction of sp³-hybridized carbons (Fsp3) is 0.188. The first-order valence-corrected chi connectivity index (χ1v) is 6.56. The summed E-state index contributed by atoms with van der Waals surface area (Å²) in [5.74, 6) is 0.616. The molecule has 0 aliphatic heterocycles. The van der Waals surface area contributed by atoms with E-state index in [-0.39, 0.29) is 5.91 Å². The van der Waals surface area contributed by atoms with Gasteiger partial charge in [-0.25, -0.2) is 0 Å². The van der Waals surface area contributed by atoms with Crippen LogP contribution in [0, 0.1) is 0 Å². The number of hydrogen-bond acceptors (Lipinski definition) is 3. The molecule has 0 heterocycles. The SMILES string of the molecule is CCOc1ccc(C(=O)Nc2ccc(CN)cc2)cc1. The van der Waals surface area contributed by atoms with Gasteiger partial charge in [-0.05, 0) is 48.9 Å². The summed E-state index contributed by atoms with van der Waals surface area (Å²) in [6, 6.07) is 14.5. The fourth-order valence-corrected chi connectivity index (χ4v) is 1.80. The summed E-state index contributed by atoms with van der Waals surface area (Å²) < 4.78 is 5.34. The molecule has 0 fully saturated rings. The summed E-state index contributed by atoms with van der Waals surface area (Å²) in [6.07, 6.45) is 0. The number of rotatable bonds is 5. The van der Waals surface area contributed by atoms with Crippen LogP contribution in [-0.4, -0.2) is 12.5 Å². The average Bonchev–Trinajstić information content (AvgIpc) is 2.49. The molecule has 0 atom stereocenters. The van der Waals surface area contributed by atoms with Gasteiger partial charge >= 0.3 is 0 Å². The zero-order chi connectivity index (χ0) is 14.4. The van der Waals surface area contributed by atoms with Gasteiger partial charge in [0, 0.05) is 17.8 Å². The molecule has 1 amide bonds.